The molecule has 0 unspecified atom stereocenters. The van der Waals surface area contributed by atoms with E-state index in [9.17, 15) is 13.6 Å². The molecule has 0 spiro atoms. The van der Waals surface area contributed by atoms with E-state index in [-0.39, 0.29) is 18.1 Å². The second kappa shape index (κ2) is 8.46. The molecule has 0 atom stereocenters. The predicted octanol–water partition coefficient (Wildman–Crippen LogP) is 2.51. The third-order valence-corrected chi connectivity index (χ3v) is 3.63. The van der Waals surface area contributed by atoms with Crippen LogP contribution in [0.2, 0.25) is 0 Å². The smallest absolute Gasteiger partial charge is 0.280 e. The van der Waals surface area contributed by atoms with Gasteiger partial charge in [0.05, 0.1) is 19.9 Å². The van der Waals surface area contributed by atoms with Gasteiger partial charge in [-0.2, -0.15) is 5.10 Å². The lowest BCUT2D eigenvalue weighted by Gasteiger charge is -2.10. The fourth-order valence-corrected chi connectivity index (χ4v) is 2.44. The first-order chi connectivity index (χ1) is 11.9. The summed E-state index contributed by atoms with van der Waals surface area (Å²) in [5.74, 6) is 0.870. The molecule has 1 amide bonds. The van der Waals surface area contributed by atoms with Crippen LogP contribution >= 0.6 is 0 Å². The molecule has 0 aliphatic rings. The highest BCUT2D eigenvalue weighted by atomic mass is 19.3. The van der Waals surface area contributed by atoms with E-state index in [1.807, 2.05) is 12.1 Å². The number of rotatable bonds is 8. The first-order valence-corrected chi connectivity index (χ1v) is 7.74. The zero-order chi connectivity index (χ0) is 18.4. The Balaban J connectivity index is 1.89. The number of carbonyl (C=O) groups is 1. The minimum atomic E-state index is -2.67. The number of aromatic nitrogens is 2. The first-order valence-electron chi connectivity index (χ1n) is 7.74. The van der Waals surface area contributed by atoms with E-state index in [0.717, 1.165) is 10.2 Å². The Morgan fingerprint density at radius 1 is 1.24 bits per heavy atom. The Hall–Kier alpha value is -2.64. The molecule has 0 bridgehead atoms. The van der Waals surface area contributed by atoms with Crippen molar-refractivity contribution in [1.29, 1.82) is 0 Å². The van der Waals surface area contributed by atoms with E-state index in [4.69, 9.17) is 9.47 Å². The maximum atomic E-state index is 12.9. The predicted molar refractivity (Wildman–Crippen MR) is 88.2 cm³/mol. The number of benzene rings is 1. The highest BCUT2D eigenvalue weighted by molar-refractivity contribution is 5.75. The van der Waals surface area contributed by atoms with Crippen molar-refractivity contribution >= 4 is 5.91 Å². The summed E-state index contributed by atoms with van der Waals surface area (Å²) in [4.78, 5) is 11.9. The Labute approximate surface area is 144 Å². The van der Waals surface area contributed by atoms with Crippen molar-refractivity contribution in [3.63, 3.8) is 0 Å². The van der Waals surface area contributed by atoms with Gasteiger partial charge in [-0.15, -0.1) is 0 Å². The van der Waals surface area contributed by atoms with E-state index in [0.29, 0.717) is 30.2 Å². The summed E-state index contributed by atoms with van der Waals surface area (Å²) in [5.41, 5.74) is 1.15. The maximum Gasteiger partial charge on any atom is 0.280 e. The van der Waals surface area contributed by atoms with Gasteiger partial charge in [0.2, 0.25) is 5.91 Å². The van der Waals surface area contributed by atoms with Crippen LogP contribution in [0.25, 0.3) is 0 Å². The Kier molecular flexibility index (Phi) is 6.32. The van der Waals surface area contributed by atoms with E-state index in [1.54, 1.807) is 27.2 Å². The summed E-state index contributed by atoms with van der Waals surface area (Å²) in [7, 11) is 3.11. The fraction of sp³-hybridized carbons (Fsp3) is 0.412. The number of carbonyl (C=O) groups excluding carboxylic acids is 1. The van der Waals surface area contributed by atoms with E-state index in [1.165, 1.54) is 6.07 Å². The van der Waals surface area contributed by atoms with Crippen LogP contribution in [0.5, 0.6) is 11.5 Å². The van der Waals surface area contributed by atoms with Crippen molar-refractivity contribution in [1.82, 2.24) is 15.1 Å². The maximum absolute atomic E-state index is 12.9. The molecule has 8 heteroatoms. The number of aryl methyl sites for hydroxylation is 1. The minimum absolute atomic E-state index is 0.237. The molecule has 1 heterocycles. The number of halogens is 2. The molecule has 2 rings (SSSR count). The summed E-state index contributed by atoms with van der Waals surface area (Å²) in [6.07, 6.45) is -2.09. The average Bonchev–Trinajstić information content (AvgIpc) is 2.95. The van der Waals surface area contributed by atoms with Gasteiger partial charge in [0, 0.05) is 6.54 Å². The Bertz CT molecular complexity index is 732. The zero-order valence-electron chi connectivity index (χ0n) is 14.4. The summed E-state index contributed by atoms with van der Waals surface area (Å²) < 4.78 is 37.2. The Morgan fingerprint density at radius 2 is 1.96 bits per heavy atom. The highest BCUT2D eigenvalue weighted by Crippen LogP contribution is 2.27. The minimum Gasteiger partial charge on any atom is -0.493 e. The molecule has 0 saturated heterocycles. The van der Waals surface area contributed by atoms with E-state index >= 15 is 0 Å². The lowest BCUT2D eigenvalue weighted by molar-refractivity contribution is -0.121. The van der Waals surface area contributed by atoms with Crippen molar-refractivity contribution < 1.29 is 23.0 Å². The Morgan fingerprint density at radius 3 is 2.60 bits per heavy atom. The van der Waals surface area contributed by atoms with Crippen molar-refractivity contribution in [3.8, 4) is 11.5 Å². The standard InChI is InChI=1S/C17H21F2N3O3/c1-11-8-13(17(18)19)22(21-11)10-16(23)20-7-6-12-4-5-14(24-2)15(9-12)25-3/h4-5,8-9,17H,6-7,10H2,1-3H3,(H,20,23). The van der Waals surface area contributed by atoms with Crippen LogP contribution in [0.15, 0.2) is 24.3 Å². The van der Waals surface area contributed by atoms with Crippen LogP contribution in [0.1, 0.15) is 23.4 Å². The van der Waals surface area contributed by atoms with Crippen molar-refractivity contribution in [2.75, 3.05) is 20.8 Å². The number of nitrogens with zero attached hydrogens (tertiary/aromatic N) is 2. The molecule has 1 N–H and O–H groups in total. The highest BCUT2D eigenvalue weighted by Gasteiger charge is 2.17. The monoisotopic (exact) mass is 353 g/mol. The average molecular weight is 353 g/mol. The van der Waals surface area contributed by atoms with Crippen molar-refractivity contribution in [2.45, 2.75) is 26.3 Å². The lowest BCUT2D eigenvalue weighted by atomic mass is 10.1. The molecule has 1 aromatic heterocycles. The van der Waals surface area contributed by atoms with Gasteiger partial charge in [0.15, 0.2) is 11.5 Å². The number of hydrogen-bond donors (Lipinski definition) is 1. The molecular formula is C17H21F2N3O3. The van der Waals surface area contributed by atoms with Gasteiger partial charge in [0.25, 0.3) is 6.43 Å². The van der Waals surface area contributed by atoms with Gasteiger partial charge in [-0.25, -0.2) is 8.78 Å². The molecule has 0 aliphatic carbocycles. The third-order valence-electron chi connectivity index (χ3n) is 3.63. The van der Waals surface area contributed by atoms with Crippen molar-refractivity contribution in [2.24, 2.45) is 0 Å². The van der Waals surface area contributed by atoms with Gasteiger partial charge in [-0.3, -0.25) is 9.48 Å². The fourth-order valence-electron chi connectivity index (χ4n) is 2.44. The molecule has 0 fully saturated rings. The number of ether oxygens (including phenoxy) is 2. The summed E-state index contributed by atoms with van der Waals surface area (Å²) in [6, 6.07) is 6.77. The topological polar surface area (TPSA) is 65.4 Å². The number of hydrogen-bond acceptors (Lipinski definition) is 4. The molecule has 0 saturated carbocycles. The second-order valence-electron chi connectivity index (χ2n) is 5.46. The van der Waals surface area contributed by atoms with Crippen LogP contribution in [0.3, 0.4) is 0 Å². The van der Waals surface area contributed by atoms with Crippen LogP contribution in [-0.2, 0) is 17.8 Å². The van der Waals surface area contributed by atoms with Crippen LogP contribution < -0.4 is 14.8 Å². The van der Waals surface area contributed by atoms with E-state index < -0.39 is 6.43 Å². The van der Waals surface area contributed by atoms with E-state index in [2.05, 4.69) is 10.4 Å². The quantitative estimate of drug-likeness (QED) is 0.792. The third kappa shape index (κ3) is 4.91. The molecule has 2 aromatic rings. The van der Waals surface area contributed by atoms with Crippen LogP contribution in [0, 0.1) is 6.92 Å². The number of amides is 1. The molecule has 0 radical (unpaired) electrons. The van der Waals surface area contributed by atoms with Gasteiger partial charge < -0.3 is 14.8 Å². The molecule has 1 aromatic carbocycles. The molecule has 25 heavy (non-hydrogen) atoms. The number of nitrogens with one attached hydrogen (secondary N) is 1. The molecule has 6 nitrogen and oxygen atoms in total. The molecular weight excluding hydrogens is 332 g/mol. The summed E-state index contributed by atoms with van der Waals surface area (Å²) >= 11 is 0. The number of alkyl halides is 2. The normalized spacial score (nSPS) is 10.8. The van der Waals surface area contributed by atoms with Crippen molar-refractivity contribution in [3.05, 3.63) is 41.2 Å². The van der Waals surface area contributed by atoms with Gasteiger partial charge in [-0.1, -0.05) is 6.07 Å². The largest absolute Gasteiger partial charge is 0.493 e. The second-order valence-corrected chi connectivity index (χ2v) is 5.46. The zero-order valence-corrected chi connectivity index (χ0v) is 14.4. The van der Waals surface area contributed by atoms with Crippen LogP contribution in [0.4, 0.5) is 8.78 Å². The molecule has 0 aliphatic heterocycles. The summed E-state index contributed by atoms with van der Waals surface area (Å²) in [6.45, 7) is 1.75. The first kappa shape index (κ1) is 18.7. The van der Waals surface area contributed by atoms with Gasteiger partial charge >= 0.3 is 0 Å². The van der Waals surface area contributed by atoms with Gasteiger partial charge in [-0.05, 0) is 37.1 Å². The summed E-state index contributed by atoms with van der Waals surface area (Å²) in [5, 5.41) is 6.63. The number of methoxy groups -OCH3 is 2. The van der Waals surface area contributed by atoms with Gasteiger partial charge in [0.1, 0.15) is 12.2 Å². The molecule has 136 valence electrons. The van der Waals surface area contributed by atoms with Crippen LogP contribution in [-0.4, -0.2) is 36.5 Å². The lowest BCUT2D eigenvalue weighted by Crippen LogP contribution is -2.30. The SMILES string of the molecule is COc1ccc(CCNC(=O)Cn2nc(C)cc2C(F)F)cc1OC.